The van der Waals surface area contributed by atoms with Gasteiger partial charge in [0.05, 0.1) is 23.6 Å². The molecule has 19 heavy (non-hydrogen) atoms. The van der Waals surface area contributed by atoms with Crippen molar-refractivity contribution in [3.8, 4) is 0 Å². The van der Waals surface area contributed by atoms with Gasteiger partial charge < -0.3 is 14.3 Å². The Labute approximate surface area is 108 Å². The van der Waals surface area contributed by atoms with E-state index >= 15 is 0 Å². The number of nitrogens with one attached hydrogen (secondary N) is 1. The highest BCUT2D eigenvalue weighted by molar-refractivity contribution is 6.16. The number of carbonyl (C=O) groups excluding carboxylic acids is 1. The fourth-order valence-electron chi connectivity index (χ4n) is 2.48. The van der Waals surface area contributed by atoms with Crippen LogP contribution in [0.4, 0.5) is 0 Å². The number of nitrogens with zero attached hydrogens (tertiary/aromatic N) is 1. The molecule has 1 aromatic carbocycles. The number of aromatic nitrogens is 2. The zero-order valence-corrected chi connectivity index (χ0v) is 10.6. The van der Waals surface area contributed by atoms with Crippen LogP contribution in [0.15, 0.2) is 35.3 Å². The lowest BCUT2D eigenvalue weighted by Crippen LogP contribution is -2.06. The monoisotopic (exact) mass is 256 g/mol. The number of pyridine rings is 1. The first kappa shape index (κ1) is 11.5. The number of ether oxygens (including phenoxy) is 1. The van der Waals surface area contributed by atoms with Gasteiger partial charge in [0.2, 0.25) is 0 Å². The van der Waals surface area contributed by atoms with Gasteiger partial charge in [0.15, 0.2) is 0 Å². The zero-order valence-electron chi connectivity index (χ0n) is 10.6. The summed E-state index contributed by atoms with van der Waals surface area (Å²) in [4.78, 5) is 26.5. The molecule has 3 rings (SSSR count). The third-order valence-electron chi connectivity index (χ3n) is 3.36. The highest BCUT2D eigenvalue weighted by Crippen LogP contribution is 2.28. The number of methoxy groups -OCH3 is 1. The maximum absolute atomic E-state index is 12.0. The van der Waals surface area contributed by atoms with Crippen LogP contribution < -0.4 is 5.56 Å². The van der Waals surface area contributed by atoms with E-state index in [1.807, 2.05) is 23.7 Å². The van der Waals surface area contributed by atoms with E-state index in [9.17, 15) is 9.59 Å². The Bertz CT molecular complexity index is 858. The van der Waals surface area contributed by atoms with E-state index in [0.717, 1.165) is 11.0 Å². The lowest BCUT2D eigenvalue weighted by atomic mass is 10.1. The van der Waals surface area contributed by atoms with E-state index in [0.29, 0.717) is 16.3 Å². The molecule has 0 unspecified atom stereocenters. The number of aryl methyl sites for hydroxylation is 1. The first-order valence-corrected chi connectivity index (χ1v) is 5.82. The van der Waals surface area contributed by atoms with Crippen LogP contribution in [0.1, 0.15) is 10.4 Å². The second-order valence-electron chi connectivity index (χ2n) is 4.32. The highest BCUT2D eigenvalue weighted by atomic mass is 16.5. The maximum atomic E-state index is 12.0. The standard InChI is InChI=1S/C14H12N2O3/c1-16-9-5-3-4-8(14(18)19-2)11(9)12-10(16)6-7-15-13(12)17/h3-7H,1-2H3,(H,15,17). The summed E-state index contributed by atoms with van der Waals surface area (Å²) in [5.41, 5.74) is 1.81. The third kappa shape index (κ3) is 1.48. The Morgan fingerprint density at radius 1 is 1.21 bits per heavy atom. The average molecular weight is 256 g/mol. The number of hydrogen-bond donors (Lipinski definition) is 1. The fraction of sp³-hybridized carbons (Fsp3) is 0.143. The van der Waals surface area contributed by atoms with E-state index in [2.05, 4.69) is 4.98 Å². The first-order valence-electron chi connectivity index (χ1n) is 5.82. The van der Waals surface area contributed by atoms with Gasteiger partial charge in [-0.1, -0.05) is 6.07 Å². The van der Waals surface area contributed by atoms with Crippen LogP contribution >= 0.6 is 0 Å². The largest absolute Gasteiger partial charge is 0.465 e. The van der Waals surface area contributed by atoms with Gasteiger partial charge in [-0.2, -0.15) is 0 Å². The molecule has 0 amide bonds. The van der Waals surface area contributed by atoms with E-state index in [4.69, 9.17) is 4.74 Å². The van der Waals surface area contributed by atoms with Crippen molar-refractivity contribution in [2.45, 2.75) is 0 Å². The maximum Gasteiger partial charge on any atom is 0.338 e. The van der Waals surface area contributed by atoms with Gasteiger partial charge >= 0.3 is 5.97 Å². The van der Waals surface area contributed by atoms with Gasteiger partial charge in [-0.05, 0) is 18.2 Å². The van der Waals surface area contributed by atoms with Crippen molar-refractivity contribution in [3.05, 3.63) is 46.4 Å². The number of carbonyl (C=O) groups is 1. The molecule has 0 saturated heterocycles. The number of H-pyrrole nitrogens is 1. The molecule has 1 N–H and O–H groups in total. The molecule has 2 heterocycles. The third-order valence-corrected chi connectivity index (χ3v) is 3.36. The normalized spacial score (nSPS) is 11.1. The van der Waals surface area contributed by atoms with E-state index in [-0.39, 0.29) is 5.56 Å². The minimum Gasteiger partial charge on any atom is -0.465 e. The van der Waals surface area contributed by atoms with Crippen molar-refractivity contribution < 1.29 is 9.53 Å². The van der Waals surface area contributed by atoms with Gasteiger partial charge in [-0.3, -0.25) is 4.79 Å². The van der Waals surface area contributed by atoms with Crippen LogP contribution in [-0.2, 0) is 11.8 Å². The SMILES string of the molecule is COC(=O)c1cccc2c1c1c(=O)[nH]ccc1n2C. The molecule has 5 nitrogen and oxygen atoms in total. The van der Waals surface area contributed by atoms with E-state index in [1.54, 1.807) is 18.3 Å². The van der Waals surface area contributed by atoms with Crippen LogP contribution in [0.2, 0.25) is 0 Å². The molecule has 0 bridgehead atoms. The summed E-state index contributed by atoms with van der Waals surface area (Å²) < 4.78 is 6.68. The second-order valence-corrected chi connectivity index (χ2v) is 4.32. The number of esters is 1. The Kier molecular flexibility index (Phi) is 2.41. The van der Waals surface area contributed by atoms with Crippen LogP contribution in [0.3, 0.4) is 0 Å². The average Bonchev–Trinajstić information content (AvgIpc) is 2.73. The molecule has 0 atom stereocenters. The van der Waals surface area contributed by atoms with Gasteiger partial charge in [0.1, 0.15) is 0 Å². The van der Waals surface area contributed by atoms with Crippen molar-refractivity contribution in [1.82, 2.24) is 9.55 Å². The fourth-order valence-corrected chi connectivity index (χ4v) is 2.48. The smallest absolute Gasteiger partial charge is 0.338 e. The van der Waals surface area contributed by atoms with Gasteiger partial charge in [-0.15, -0.1) is 0 Å². The summed E-state index contributed by atoms with van der Waals surface area (Å²) in [7, 11) is 3.20. The lowest BCUT2D eigenvalue weighted by molar-refractivity contribution is 0.0603. The Morgan fingerprint density at radius 2 is 1.95 bits per heavy atom. The minimum atomic E-state index is -0.443. The van der Waals surface area contributed by atoms with Gasteiger partial charge in [-0.25, -0.2) is 4.79 Å². The number of aromatic amines is 1. The zero-order chi connectivity index (χ0) is 13.6. The first-order chi connectivity index (χ1) is 9.15. The van der Waals surface area contributed by atoms with Crippen LogP contribution in [0.5, 0.6) is 0 Å². The van der Waals surface area contributed by atoms with Crippen molar-refractivity contribution >= 4 is 27.8 Å². The van der Waals surface area contributed by atoms with Gasteiger partial charge in [0, 0.05) is 24.1 Å². The Morgan fingerprint density at radius 3 is 2.68 bits per heavy atom. The molecule has 0 fully saturated rings. The Balaban J connectivity index is 2.63. The molecule has 2 aromatic heterocycles. The van der Waals surface area contributed by atoms with Crippen LogP contribution in [0.25, 0.3) is 21.8 Å². The van der Waals surface area contributed by atoms with Crippen molar-refractivity contribution in [3.63, 3.8) is 0 Å². The molecule has 0 aliphatic carbocycles. The second kappa shape index (κ2) is 3.98. The molecule has 0 radical (unpaired) electrons. The van der Waals surface area contributed by atoms with Crippen molar-refractivity contribution in [2.75, 3.05) is 7.11 Å². The number of rotatable bonds is 1. The predicted octanol–water partition coefficient (Wildman–Crippen LogP) is 1.81. The minimum absolute atomic E-state index is 0.209. The van der Waals surface area contributed by atoms with E-state index in [1.165, 1.54) is 7.11 Å². The summed E-state index contributed by atoms with van der Waals surface area (Å²) in [5, 5.41) is 1.15. The van der Waals surface area contributed by atoms with Gasteiger partial charge in [0.25, 0.3) is 5.56 Å². The molecule has 3 aromatic rings. The topological polar surface area (TPSA) is 64.1 Å². The number of fused-ring (bicyclic) bond motifs is 3. The molecular weight excluding hydrogens is 244 g/mol. The summed E-state index contributed by atoms with van der Waals surface area (Å²) in [6, 6.07) is 7.14. The molecule has 0 saturated carbocycles. The summed E-state index contributed by atoms with van der Waals surface area (Å²) in [5.74, 6) is -0.443. The summed E-state index contributed by atoms with van der Waals surface area (Å²) >= 11 is 0. The molecule has 96 valence electrons. The molecule has 0 aliphatic rings. The van der Waals surface area contributed by atoms with Crippen LogP contribution in [-0.4, -0.2) is 22.6 Å². The van der Waals surface area contributed by atoms with Crippen molar-refractivity contribution in [2.24, 2.45) is 7.05 Å². The number of hydrogen-bond acceptors (Lipinski definition) is 3. The lowest BCUT2D eigenvalue weighted by Gasteiger charge is -2.01. The molecule has 0 aliphatic heterocycles. The number of benzene rings is 1. The summed E-state index contributed by atoms with van der Waals surface area (Å²) in [6.45, 7) is 0. The van der Waals surface area contributed by atoms with E-state index < -0.39 is 5.97 Å². The molecule has 5 heteroatoms. The van der Waals surface area contributed by atoms with Crippen LogP contribution in [0, 0.1) is 0 Å². The molecule has 0 spiro atoms. The predicted molar refractivity (Wildman–Crippen MR) is 72.4 cm³/mol. The highest BCUT2D eigenvalue weighted by Gasteiger charge is 2.18. The Hall–Kier alpha value is -2.56. The van der Waals surface area contributed by atoms with Crippen molar-refractivity contribution in [1.29, 1.82) is 0 Å². The summed E-state index contributed by atoms with van der Waals surface area (Å²) in [6.07, 6.45) is 1.60. The molecular formula is C14H12N2O3. The quantitative estimate of drug-likeness (QED) is 0.675.